The monoisotopic (exact) mass is 348 g/mol. The van der Waals surface area contributed by atoms with Crippen LogP contribution in [-0.4, -0.2) is 41.6 Å². The lowest BCUT2D eigenvalue weighted by Crippen LogP contribution is -2.48. The van der Waals surface area contributed by atoms with Gasteiger partial charge in [-0.2, -0.15) is 0 Å². The second kappa shape index (κ2) is 18.0. The van der Waals surface area contributed by atoms with E-state index in [9.17, 15) is 4.79 Å². The summed E-state index contributed by atoms with van der Waals surface area (Å²) in [5, 5.41) is 3.12. The van der Waals surface area contributed by atoms with Crippen LogP contribution in [0, 0.1) is 0 Å². The molecule has 1 saturated heterocycles. The zero-order valence-electron chi connectivity index (χ0n) is 15.0. The molecule has 0 saturated carbocycles. The molecule has 1 heterocycles. The number of piperazine rings is 1. The number of hydrogen-bond acceptors (Lipinski definition) is 3. The summed E-state index contributed by atoms with van der Waals surface area (Å²) in [7, 11) is 0. The fourth-order valence-electron chi connectivity index (χ4n) is 3.03. The van der Waals surface area contributed by atoms with Gasteiger partial charge < -0.3 is 10.2 Å². The van der Waals surface area contributed by atoms with E-state index in [-0.39, 0.29) is 5.91 Å². The molecule has 1 aliphatic rings. The van der Waals surface area contributed by atoms with Crippen molar-refractivity contribution in [1.29, 1.82) is 0 Å². The van der Waals surface area contributed by atoms with Gasteiger partial charge in [-0.15, -0.1) is 0 Å². The molecule has 2 N–H and O–H groups in total. The highest BCUT2D eigenvalue weighted by Gasteiger charge is 2.16. The Kier molecular flexibility index (Phi) is 17.8. The Hall–Kier alpha value is -0.320. The van der Waals surface area contributed by atoms with Gasteiger partial charge in [0.1, 0.15) is 0 Å². The maximum Gasteiger partial charge on any atom is 0.236 e. The summed E-state index contributed by atoms with van der Waals surface area (Å²) >= 11 is 3.64. The third-order valence-corrected chi connectivity index (χ3v) is 4.47. The topological polar surface area (TPSA) is 52.6 Å². The first kappa shape index (κ1) is 22.7. The average Bonchev–Trinajstić information content (AvgIpc) is 2.59. The molecule has 4 nitrogen and oxygen atoms in total. The molecule has 1 rings (SSSR count). The van der Waals surface area contributed by atoms with Gasteiger partial charge in [0.2, 0.25) is 5.91 Å². The quantitative estimate of drug-likeness (QED) is 0.489. The van der Waals surface area contributed by atoms with Gasteiger partial charge in [-0.05, 0) is 6.42 Å². The number of nitrogens with one attached hydrogen (secondary N) is 1. The fraction of sp³-hybridized carbons (Fsp3) is 0.944. The van der Waals surface area contributed by atoms with Crippen molar-refractivity contribution in [2.24, 2.45) is 0 Å². The summed E-state index contributed by atoms with van der Waals surface area (Å²) < 4.78 is 6.47. The van der Waals surface area contributed by atoms with E-state index in [1.165, 1.54) is 77.0 Å². The lowest BCUT2D eigenvalue weighted by atomic mass is 10.1. The summed E-state index contributed by atoms with van der Waals surface area (Å²) in [5.41, 5.74) is 0. The van der Waals surface area contributed by atoms with Gasteiger partial charge in [0, 0.05) is 19.6 Å². The van der Waals surface area contributed by atoms with Crippen LogP contribution in [-0.2, 0) is 4.79 Å². The summed E-state index contributed by atoms with van der Waals surface area (Å²) in [6.07, 6.45) is 16.5. The van der Waals surface area contributed by atoms with Gasteiger partial charge in [-0.25, -0.2) is 0 Å². The first-order valence-corrected chi connectivity index (χ1v) is 9.84. The predicted octanol–water partition coefficient (Wildman–Crippen LogP) is 4.25. The maximum atomic E-state index is 11.6. The number of halogens is 1. The Morgan fingerprint density at radius 3 is 1.87 bits per heavy atom. The van der Waals surface area contributed by atoms with Crippen molar-refractivity contribution in [1.82, 2.24) is 10.2 Å². The smallest absolute Gasteiger partial charge is 0.236 e. The number of carbonyl (C=O) groups excluding carboxylic acids is 1. The van der Waals surface area contributed by atoms with Crippen LogP contribution in [0.2, 0.25) is 0 Å². The second-order valence-electron chi connectivity index (χ2n) is 6.45. The fourth-order valence-corrected chi connectivity index (χ4v) is 3.03. The predicted molar refractivity (Wildman–Crippen MR) is 98.6 cm³/mol. The molecule has 0 bridgehead atoms. The largest absolute Gasteiger partial charge is 0.340 e. The second-order valence-corrected chi connectivity index (χ2v) is 6.45. The summed E-state index contributed by atoms with van der Waals surface area (Å²) in [5.74, 6) is 0.282. The zero-order valence-corrected chi connectivity index (χ0v) is 15.8. The van der Waals surface area contributed by atoms with Crippen molar-refractivity contribution < 1.29 is 9.45 Å². The van der Waals surface area contributed by atoms with Crippen LogP contribution >= 0.6 is 11.9 Å². The Bertz CT molecular complexity index is 265. The molecule has 1 amide bonds. The Morgan fingerprint density at radius 1 is 0.913 bits per heavy atom. The van der Waals surface area contributed by atoms with Crippen molar-refractivity contribution in [2.45, 2.75) is 84.0 Å². The van der Waals surface area contributed by atoms with E-state index in [0.29, 0.717) is 6.54 Å². The van der Waals surface area contributed by atoms with E-state index in [4.69, 9.17) is 4.66 Å². The van der Waals surface area contributed by atoms with Crippen LogP contribution in [0.25, 0.3) is 0 Å². The first-order chi connectivity index (χ1) is 11.3. The molecule has 5 heteroatoms. The molecular formula is C18H37ClN2O2. The number of unbranched alkanes of at least 4 members (excludes halogenated alkanes) is 11. The standard InChI is InChI=1S/C18H36N2O.ClHO/c1-2-3-4-5-6-7-8-9-10-11-12-13-15-20-16-14-19-17-18(20)21;1-2/h19H,2-17H2,1H3;2H. The molecule has 0 atom stereocenters. The molecule has 1 aliphatic heterocycles. The van der Waals surface area contributed by atoms with Crippen LogP contribution in [0.5, 0.6) is 0 Å². The lowest BCUT2D eigenvalue weighted by Gasteiger charge is -2.27. The number of hydrogen-bond donors (Lipinski definition) is 2. The SMILES string of the molecule is CCCCCCCCCCCCCCN1CCNCC1=O.OCl. The van der Waals surface area contributed by atoms with Crippen LogP contribution in [0.4, 0.5) is 0 Å². The summed E-state index contributed by atoms with van der Waals surface area (Å²) in [4.78, 5) is 13.6. The van der Waals surface area contributed by atoms with Crippen LogP contribution in [0.15, 0.2) is 0 Å². The van der Waals surface area contributed by atoms with E-state index in [0.717, 1.165) is 19.6 Å². The lowest BCUT2D eigenvalue weighted by molar-refractivity contribution is -0.131. The average molecular weight is 349 g/mol. The molecular weight excluding hydrogens is 312 g/mol. The molecule has 0 radical (unpaired) electrons. The van der Waals surface area contributed by atoms with E-state index in [1.807, 2.05) is 4.90 Å². The molecule has 23 heavy (non-hydrogen) atoms. The van der Waals surface area contributed by atoms with Crippen molar-refractivity contribution >= 4 is 17.8 Å². The van der Waals surface area contributed by atoms with E-state index in [1.54, 1.807) is 0 Å². The minimum absolute atomic E-state index is 0.282. The number of rotatable bonds is 13. The van der Waals surface area contributed by atoms with Crippen molar-refractivity contribution in [3.05, 3.63) is 0 Å². The van der Waals surface area contributed by atoms with Gasteiger partial charge in [0.05, 0.1) is 18.4 Å². The highest BCUT2D eigenvalue weighted by Crippen LogP contribution is 2.12. The molecule has 0 aromatic rings. The van der Waals surface area contributed by atoms with E-state index in [2.05, 4.69) is 24.1 Å². The van der Waals surface area contributed by atoms with Crippen LogP contribution in [0.3, 0.4) is 0 Å². The normalized spacial score (nSPS) is 14.6. The first-order valence-electron chi connectivity index (χ1n) is 9.50. The van der Waals surface area contributed by atoms with Gasteiger partial charge in [0.25, 0.3) is 0 Å². The van der Waals surface area contributed by atoms with Gasteiger partial charge in [-0.3, -0.25) is 9.45 Å². The van der Waals surface area contributed by atoms with Crippen LogP contribution < -0.4 is 5.32 Å². The summed E-state index contributed by atoms with van der Waals surface area (Å²) in [6.45, 7) is 5.65. The summed E-state index contributed by atoms with van der Waals surface area (Å²) in [6, 6.07) is 0. The maximum absolute atomic E-state index is 11.6. The number of carbonyl (C=O) groups is 1. The third kappa shape index (κ3) is 13.8. The molecule has 1 fully saturated rings. The molecule has 138 valence electrons. The molecule has 0 spiro atoms. The minimum Gasteiger partial charge on any atom is -0.340 e. The number of nitrogens with zero attached hydrogens (tertiary/aromatic N) is 1. The minimum atomic E-state index is 0.282. The van der Waals surface area contributed by atoms with Gasteiger partial charge >= 0.3 is 0 Å². The zero-order chi connectivity index (χ0) is 17.2. The van der Waals surface area contributed by atoms with Gasteiger partial charge in [0.15, 0.2) is 0 Å². The Labute approximate surface area is 148 Å². The third-order valence-electron chi connectivity index (χ3n) is 4.47. The van der Waals surface area contributed by atoms with Gasteiger partial charge in [-0.1, -0.05) is 77.6 Å². The molecule has 0 aliphatic carbocycles. The van der Waals surface area contributed by atoms with Crippen molar-refractivity contribution in [3.63, 3.8) is 0 Å². The molecule has 0 aromatic heterocycles. The van der Waals surface area contributed by atoms with Crippen molar-refractivity contribution in [3.8, 4) is 0 Å². The Balaban J connectivity index is 0.00000232. The van der Waals surface area contributed by atoms with E-state index < -0.39 is 0 Å². The highest BCUT2D eigenvalue weighted by molar-refractivity contribution is 6.04. The molecule has 0 aromatic carbocycles. The Morgan fingerprint density at radius 2 is 1.39 bits per heavy atom. The van der Waals surface area contributed by atoms with Crippen LogP contribution in [0.1, 0.15) is 84.0 Å². The van der Waals surface area contributed by atoms with E-state index >= 15 is 0 Å². The number of amides is 1. The highest BCUT2D eigenvalue weighted by atomic mass is 35.5. The van der Waals surface area contributed by atoms with Crippen molar-refractivity contribution in [2.75, 3.05) is 26.2 Å². The molecule has 0 unspecified atom stereocenters.